The summed E-state index contributed by atoms with van der Waals surface area (Å²) >= 11 is 0. The number of nitrogens with two attached hydrogens (primary N) is 1. The van der Waals surface area contributed by atoms with E-state index in [1.807, 2.05) is 6.92 Å². The third kappa shape index (κ3) is 4.37. The van der Waals surface area contributed by atoms with Crippen LogP contribution in [0.2, 0.25) is 0 Å². The van der Waals surface area contributed by atoms with Crippen molar-refractivity contribution in [2.24, 2.45) is 11.7 Å². The van der Waals surface area contributed by atoms with E-state index in [1.165, 1.54) is 0 Å². The quantitative estimate of drug-likeness (QED) is 0.643. The van der Waals surface area contributed by atoms with Crippen molar-refractivity contribution in [2.45, 2.75) is 77.0 Å². The number of carbonyl (C=O) groups excluding carboxylic acids is 1. The molecule has 8 heteroatoms. The lowest BCUT2D eigenvalue weighted by atomic mass is 9.80. The first-order valence-electron chi connectivity index (χ1n) is 8.25. The summed E-state index contributed by atoms with van der Waals surface area (Å²) in [6, 6.07) is -0.524. The number of hydrogen-bond donors (Lipinski definition) is 3. The zero-order valence-electron chi connectivity index (χ0n) is 15.3. The van der Waals surface area contributed by atoms with Gasteiger partial charge in [0.15, 0.2) is 12.1 Å². The predicted octanol–water partition coefficient (Wildman–Crippen LogP) is 0.713. The maximum atomic E-state index is 11.9. The summed E-state index contributed by atoms with van der Waals surface area (Å²) in [5, 5.41) is 12.7. The molecule has 4 unspecified atom stereocenters. The second kappa shape index (κ2) is 6.42. The molecule has 140 valence electrons. The zero-order valence-corrected chi connectivity index (χ0v) is 15.3. The van der Waals surface area contributed by atoms with Gasteiger partial charge in [0.2, 0.25) is 0 Å². The van der Waals surface area contributed by atoms with Crippen molar-refractivity contribution >= 4 is 6.09 Å². The normalized spacial score (nSPS) is 36.5. The summed E-state index contributed by atoms with van der Waals surface area (Å²) in [6.45, 7) is 10.9. The van der Waals surface area contributed by atoms with E-state index < -0.39 is 41.5 Å². The highest BCUT2D eigenvalue weighted by Crippen LogP contribution is 2.42. The van der Waals surface area contributed by atoms with Gasteiger partial charge in [0.05, 0.1) is 25.3 Å². The number of nitrogens with one attached hydrogen (secondary N) is 1. The van der Waals surface area contributed by atoms with E-state index >= 15 is 0 Å². The summed E-state index contributed by atoms with van der Waals surface area (Å²) in [7, 11) is 0. The molecule has 0 aliphatic carbocycles. The summed E-state index contributed by atoms with van der Waals surface area (Å²) in [5.74, 6) is -1.53. The minimum Gasteiger partial charge on any atom is -0.444 e. The maximum absolute atomic E-state index is 11.9. The Morgan fingerprint density at radius 3 is 2.54 bits per heavy atom. The Bertz CT molecular complexity index is 472. The van der Waals surface area contributed by atoms with Crippen LogP contribution in [0.1, 0.15) is 41.5 Å². The topological polar surface area (TPSA) is 112 Å². The van der Waals surface area contributed by atoms with Crippen LogP contribution in [0.4, 0.5) is 4.79 Å². The number of aliphatic hydroxyl groups is 1. The SMILES string of the molecule is CC1C(OC(C)(C)O)[C@H](N)C2OCC1(CNC(=O)OC(C)(C)C)O2. The van der Waals surface area contributed by atoms with Crippen LogP contribution in [0.15, 0.2) is 0 Å². The second-order valence-electron chi connectivity index (χ2n) is 8.11. The Morgan fingerprint density at radius 1 is 1.38 bits per heavy atom. The molecule has 0 aromatic heterocycles. The molecule has 2 heterocycles. The van der Waals surface area contributed by atoms with Gasteiger partial charge in [-0.1, -0.05) is 6.92 Å². The molecule has 24 heavy (non-hydrogen) atoms. The molecule has 2 aliphatic rings. The number of carbonyl (C=O) groups is 1. The summed E-state index contributed by atoms with van der Waals surface area (Å²) < 4.78 is 22.6. The molecule has 0 spiro atoms. The van der Waals surface area contributed by atoms with Gasteiger partial charge < -0.3 is 35.1 Å². The summed E-state index contributed by atoms with van der Waals surface area (Å²) in [5.41, 5.74) is 4.81. The predicted molar refractivity (Wildman–Crippen MR) is 86.1 cm³/mol. The molecule has 0 radical (unpaired) electrons. The molecule has 2 bridgehead atoms. The van der Waals surface area contributed by atoms with E-state index in [0.29, 0.717) is 0 Å². The van der Waals surface area contributed by atoms with Crippen LogP contribution < -0.4 is 11.1 Å². The Morgan fingerprint density at radius 2 is 2.00 bits per heavy atom. The lowest BCUT2D eigenvalue weighted by molar-refractivity contribution is -0.271. The maximum Gasteiger partial charge on any atom is 0.407 e. The van der Waals surface area contributed by atoms with Crippen LogP contribution in [0.5, 0.6) is 0 Å². The molecular weight excluding hydrogens is 316 g/mol. The molecule has 1 amide bonds. The lowest BCUT2D eigenvalue weighted by Gasteiger charge is -2.46. The standard InChI is InChI=1S/C16H30N2O6/c1-9-11(22-15(5,6)20)10(17)12-21-8-16(9,23-12)7-18-13(19)24-14(2,3)4/h9-12,20H,7-8,17H2,1-6H3,(H,18,19)/t9?,10-,11?,12?,16?/m0/s1. The molecule has 2 rings (SSSR count). The van der Waals surface area contributed by atoms with Crippen molar-refractivity contribution in [3.8, 4) is 0 Å². The molecular formula is C16H30N2O6. The minimum atomic E-state index is -1.33. The Labute approximate surface area is 143 Å². The highest BCUT2D eigenvalue weighted by Gasteiger charge is 2.58. The number of hydrogen-bond acceptors (Lipinski definition) is 7. The van der Waals surface area contributed by atoms with E-state index in [2.05, 4.69) is 5.32 Å². The monoisotopic (exact) mass is 346 g/mol. The average molecular weight is 346 g/mol. The third-order valence-electron chi connectivity index (χ3n) is 4.21. The van der Waals surface area contributed by atoms with E-state index in [9.17, 15) is 9.90 Å². The first kappa shape index (κ1) is 19.4. The van der Waals surface area contributed by atoms with Gasteiger partial charge in [-0.05, 0) is 34.6 Å². The van der Waals surface area contributed by atoms with Crippen molar-refractivity contribution in [3.63, 3.8) is 0 Å². The largest absolute Gasteiger partial charge is 0.444 e. The van der Waals surface area contributed by atoms with E-state index in [0.717, 1.165) is 0 Å². The minimum absolute atomic E-state index is 0.201. The fraction of sp³-hybridized carbons (Fsp3) is 0.938. The van der Waals surface area contributed by atoms with E-state index in [4.69, 9.17) is 24.7 Å². The fourth-order valence-corrected chi connectivity index (χ4v) is 3.04. The fourth-order valence-electron chi connectivity index (χ4n) is 3.04. The summed E-state index contributed by atoms with van der Waals surface area (Å²) in [6.07, 6.45) is -1.62. The van der Waals surface area contributed by atoms with Crippen LogP contribution >= 0.6 is 0 Å². The average Bonchev–Trinajstić information content (AvgIpc) is 2.80. The first-order valence-corrected chi connectivity index (χ1v) is 8.25. The van der Waals surface area contributed by atoms with E-state index in [1.54, 1.807) is 34.6 Å². The van der Waals surface area contributed by atoms with Crippen molar-refractivity contribution in [1.82, 2.24) is 5.32 Å². The van der Waals surface area contributed by atoms with Gasteiger partial charge in [-0.15, -0.1) is 0 Å². The zero-order chi connectivity index (χ0) is 18.3. The van der Waals surface area contributed by atoms with Crippen LogP contribution in [-0.4, -0.2) is 59.8 Å². The molecule has 0 aromatic rings. The molecule has 4 N–H and O–H groups in total. The smallest absolute Gasteiger partial charge is 0.407 e. The van der Waals surface area contributed by atoms with E-state index in [-0.39, 0.29) is 19.1 Å². The van der Waals surface area contributed by atoms with Crippen LogP contribution in [0, 0.1) is 5.92 Å². The molecule has 8 nitrogen and oxygen atoms in total. The van der Waals surface area contributed by atoms with Crippen LogP contribution in [0.25, 0.3) is 0 Å². The molecule has 2 fully saturated rings. The highest BCUT2D eigenvalue weighted by atomic mass is 16.7. The molecule has 0 aromatic carbocycles. The van der Waals surface area contributed by atoms with Gasteiger partial charge in [-0.25, -0.2) is 4.79 Å². The first-order chi connectivity index (χ1) is 10.8. The van der Waals surface area contributed by atoms with Crippen molar-refractivity contribution in [3.05, 3.63) is 0 Å². The highest BCUT2D eigenvalue weighted by molar-refractivity contribution is 5.67. The van der Waals surface area contributed by atoms with Gasteiger partial charge in [-0.2, -0.15) is 0 Å². The van der Waals surface area contributed by atoms with Gasteiger partial charge in [0.25, 0.3) is 0 Å². The summed E-state index contributed by atoms with van der Waals surface area (Å²) in [4.78, 5) is 11.9. The third-order valence-corrected chi connectivity index (χ3v) is 4.21. The second-order valence-corrected chi connectivity index (χ2v) is 8.11. The van der Waals surface area contributed by atoms with Crippen molar-refractivity contribution < 1.29 is 28.8 Å². The van der Waals surface area contributed by atoms with Crippen molar-refractivity contribution in [2.75, 3.05) is 13.2 Å². The van der Waals surface area contributed by atoms with Gasteiger partial charge in [0, 0.05) is 5.92 Å². The number of ether oxygens (including phenoxy) is 4. The number of amides is 1. The molecule has 2 saturated heterocycles. The van der Waals surface area contributed by atoms with Crippen molar-refractivity contribution in [1.29, 1.82) is 0 Å². The molecule has 5 atom stereocenters. The number of alkyl carbamates (subject to hydrolysis) is 1. The molecule has 0 saturated carbocycles. The van der Waals surface area contributed by atoms with Gasteiger partial charge >= 0.3 is 6.09 Å². The Balaban J connectivity index is 2.07. The Kier molecular flexibility index (Phi) is 5.19. The Hall–Kier alpha value is -0.930. The molecule has 2 aliphatic heterocycles. The van der Waals surface area contributed by atoms with Crippen LogP contribution in [-0.2, 0) is 18.9 Å². The van der Waals surface area contributed by atoms with Crippen LogP contribution in [0.3, 0.4) is 0 Å². The number of rotatable bonds is 4. The van der Waals surface area contributed by atoms with Gasteiger partial charge in [-0.3, -0.25) is 0 Å². The number of fused-ring (bicyclic) bond motifs is 2. The van der Waals surface area contributed by atoms with Gasteiger partial charge in [0.1, 0.15) is 11.2 Å². The lowest BCUT2D eigenvalue weighted by Crippen LogP contribution is -2.64.